The molecule has 0 aliphatic rings. The number of aliphatic hydroxyl groups excluding tert-OH is 1. The lowest BCUT2D eigenvalue weighted by molar-refractivity contribution is 0.295. The number of nitrogens with zero attached hydrogens (tertiary/aromatic N) is 1. The van der Waals surface area contributed by atoms with Crippen molar-refractivity contribution >= 4 is 32.5 Å². The summed E-state index contributed by atoms with van der Waals surface area (Å²) in [5.74, 6) is -0.0392. The minimum absolute atomic E-state index is 0.00874. The van der Waals surface area contributed by atoms with Gasteiger partial charge >= 0.3 is 0 Å². The maximum Gasteiger partial charge on any atom is 0.156 e. The maximum absolute atomic E-state index is 11.7. The molecule has 2 heterocycles. The van der Waals surface area contributed by atoms with Gasteiger partial charge in [-0.05, 0) is 17.9 Å². The number of thiazole rings is 1. The van der Waals surface area contributed by atoms with Crippen LogP contribution in [0.15, 0.2) is 22.2 Å². The maximum atomic E-state index is 11.7. The van der Waals surface area contributed by atoms with Crippen molar-refractivity contribution < 1.29 is 13.5 Å². The lowest BCUT2D eigenvalue weighted by Crippen LogP contribution is -2.10. The van der Waals surface area contributed by atoms with Gasteiger partial charge in [0.25, 0.3) is 0 Å². The molecular weight excluding hydrogens is 290 g/mol. The molecule has 0 amide bonds. The van der Waals surface area contributed by atoms with Gasteiger partial charge in [0.1, 0.15) is 5.01 Å². The predicted molar refractivity (Wildman–Crippen MR) is 74.6 cm³/mol. The molecule has 7 heteroatoms. The Balaban J connectivity index is 2.07. The van der Waals surface area contributed by atoms with Crippen LogP contribution in [0.3, 0.4) is 0 Å². The van der Waals surface area contributed by atoms with Crippen LogP contribution in [0.5, 0.6) is 0 Å². The van der Waals surface area contributed by atoms with Crippen LogP contribution in [0.4, 0.5) is 0 Å². The Kier molecular flexibility index (Phi) is 4.50. The number of thiophene rings is 1. The van der Waals surface area contributed by atoms with E-state index in [1.54, 1.807) is 16.7 Å². The van der Waals surface area contributed by atoms with Gasteiger partial charge in [0, 0.05) is 22.9 Å². The summed E-state index contributed by atoms with van der Waals surface area (Å²) < 4.78 is 23.4. The van der Waals surface area contributed by atoms with Gasteiger partial charge in [-0.2, -0.15) is 11.3 Å². The van der Waals surface area contributed by atoms with Crippen molar-refractivity contribution in [3.63, 3.8) is 0 Å². The van der Waals surface area contributed by atoms with Crippen LogP contribution in [0.25, 0.3) is 10.6 Å². The fourth-order valence-electron chi connectivity index (χ4n) is 1.47. The molecule has 0 saturated heterocycles. The summed E-state index contributed by atoms with van der Waals surface area (Å²) in [6, 6.07) is 1.97. The first kappa shape index (κ1) is 13.7. The topological polar surface area (TPSA) is 67.3 Å². The van der Waals surface area contributed by atoms with E-state index in [0.29, 0.717) is 5.69 Å². The van der Waals surface area contributed by atoms with Gasteiger partial charge in [-0.15, -0.1) is 11.3 Å². The first-order chi connectivity index (χ1) is 8.61. The molecule has 0 spiro atoms. The minimum Gasteiger partial charge on any atom is -0.396 e. The summed E-state index contributed by atoms with van der Waals surface area (Å²) in [6.07, 6.45) is 0.282. The van der Waals surface area contributed by atoms with Crippen LogP contribution in [-0.4, -0.2) is 30.9 Å². The quantitative estimate of drug-likeness (QED) is 0.888. The van der Waals surface area contributed by atoms with E-state index in [1.165, 1.54) is 11.3 Å². The Morgan fingerprint density at radius 1 is 1.33 bits per heavy atom. The van der Waals surface area contributed by atoms with Crippen molar-refractivity contribution in [3.8, 4) is 10.6 Å². The number of hydrogen-bond donors (Lipinski definition) is 1. The Bertz CT molecular complexity index is 587. The molecule has 2 rings (SSSR count). The third-order valence-corrected chi connectivity index (χ3v) is 5.57. The fourth-order valence-corrected chi connectivity index (χ4v) is 4.42. The summed E-state index contributed by atoms with van der Waals surface area (Å²) in [5, 5.41) is 15.2. The van der Waals surface area contributed by atoms with Gasteiger partial charge < -0.3 is 5.11 Å². The Labute approximate surface area is 114 Å². The number of sulfone groups is 1. The predicted octanol–water partition coefficient (Wildman–Crippen LogP) is 2.17. The van der Waals surface area contributed by atoms with Gasteiger partial charge in [-0.1, -0.05) is 0 Å². The van der Waals surface area contributed by atoms with Gasteiger partial charge in [-0.3, -0.25) is 0 Å². The molecule has 0 bridgehead atoms. The minimum atomic E-state index is -3.17. The molecule has 4 nitrogen and oxygen atoms in total. The van der Waals surface area contributed by atoms with Crippen molar-refractivity contribution in [2.24, 2.45) is 0 Å². The van der Waals surface area contributed by atoms with Crippen molar-refractivity contribution in [2.75, 3.05) is 12.4 Å². The monoisotopic (exact) mass is 303 g/mol. The zero-order valence-electron chi connectivity index (χ0n) is 9.57. The summed E-state index contributed by atoms with van der Waals surface area (Å²) in [5.41, 5.74) is 1.61. The lowest BCUT2D eigenvalue weighted by Gasteiger charge is -2.00. The van der Waals surface area contributed by atoms with Crippen LogP contribution >= 0.6 is 22.7 Å². The van der Waals surface area contributed by atoms with E-state index in [2.05, 4.69) is 4.98 Å². The second kappa shape index (κ2) is 5.92. The molecule has 0 aliphatic heterocycles. The van der Waals surface area contributed by atoms with Crippen LogP contribution < -0.4 is 0 Å². The molecule has 2 aromatic rings. The van der Waals surface area contributed by atoms with E-state index in [-0.39, 0.29) is 24.5 Å². The number of rotatable bonds is 6. The Morgan fingerprint density at radius 2 is 2.17 bits per heavy atom. The third-order valence-electron chi connectivity index (χ3n) is 2.30. The van der Waals surface area contributed by atoms with E-state index in [1.807, 2.05) is 16.8 Å². The molecule has 0 atom stereocenters. The highest BCUT2D eigenvalue weighted by Crippen LogP contribution is 2.26. The molecule has 2 aromatic heterocycles. The highest BCUT2D eigenvalue weighted by Gasteiger charge is 2.14. The Hall–Kier alpha value is -0.760. The second-order valence-electron chi connectivity index (χ2n) is 3.83. The average Bonchev–Trinajstić information content (AvgIpc) is 2.95. The number of aliphatic hydroxyl groups is 1. The average molecular weight is 303 g/mol. The first-order valence-corrected chi connectivity index (χ1v) is 9.03. The normalized spacial score (nSPS) is 11.8. The molecule has 1 N–H and O–H groups in total. The van der Waals surface area contributed by atoms with Crippen molar-refractivity contribution in [2.45, 2.75) is 12.2 Å². The summed E-state index contributed by atoms with van der Waals surface area (Å²) in [6.45, 7) is -0.101. The molecule has 0 aromatic carbocycles. The van der Waals surface area contributed by atoms with E-state index in [4.69, 9.17) is 5.11 Å². The highest BCUT2D eigenvalue weighted by molar-refractivity contribution is 7.90. The molecule has 18 heavy (non-hydrogen) atoms. The van der Waals surface area contributed by atoms with Crippen molar-refractivity contribution in [3.05, 3.63) is 27.9 Å². The van der Waals surface area contributed by atoms with Crippen LogP contribution in [0.1, 0.15) is 12.1 Å². The van der Waals surface area contributed by atoms with Crippen LogP contribution in [-0.2, 0) is 15.6 Å². The summed E-state index contributed by atoms with van der Waals surface area (Å²) in [7, 11) is -3.17. The van der Waals surface area contributed by atoms with Crippen molar-refractivity contribution in [1.29, 1.82) is 0 Å². The summed E-state index contributed by atoms with van der Waals surface area (Å²) >= 11 is 3.04. The molecule has 0 aliphatic carbocycles. The molecule has 0 radical (unpaired) electrons. The van der Waals surface area contributed by atoms with E-state index >= 15 is 0 Å². The highest BCUT2D eigenvalue weighted by atomic mass is 32.2. The van der Waals surface area contributed by atoms with E-state index < -0.39 is 9.84 Å². The standard InChI is InChI=1S/C11H13NO3S3/c13-3-1-5-18(14,15)8-10-7-17-11(12-10)9-2-4-16-6-9/h2,4,6-7,13H,1,3,5,8H2. The smallest absolute Gasteiger partial charge is 0.156 e. The van der Waals surface area contributed by atoms with Gasteiger partial charge in [0.05, 0.1) is 17.2 Å². The molecular formula is C11H13NO3S3. The van der Waals surface area contributed by atoms with Gasteiger partial charge in [-0.25, -0.2) is 13.4 Å². The molecule has 0 saturated carbocycles. The van der Waals surface area contributed by atoms with Gasteiger partial charge in [0.15, 0.2) is 9.84 Å². The van der Waals surface area contributed by atoms with Gasteiger partial charge in [0.2, 0.25) is 0 Å². The fraction of sp³-hybridized carbons (Fsp3) is 0.364. The first-order valence-electron chi connectivity index (χ1n) is 5.39. The SMILES string of the molecule is O=S(=O)(CCCO)Cc1csc(-c2ccsc2)n1. The van der Waals surface area contributed by atoms with E-state index in [9.17, 15) is 8.42 Å². The summed E-state index contributed by atoms with van der Waals surface area (Å²) in [4.78, 5) is 4.33. The third kappa shape index (κ3) is 3.61. The zero-order chi connectivity index (χ0) is 13.0. The second-order valence-corrected chi connectivity index (χ2v) is 7.65. The molecule has 0 unspecified atom stereocenters. The largest absolute Gasteiger partial charge is 0.396 e. The Morgan fingerprint density at radius 3 is 2.83 bits per heavy atom. The zero-order valence-corrected chi connectivity index (χ0v) is 12.0. The van der Waals surface area contributed by atoms with Crippen molar-refractivity contribution in [1.82, 2.24) is 4.98 Å². The molecule has 98 valence electrons. The number of aromatic nitrogens is 1. The van der Waals surface area contributed by atoms with Crippen LogP contribution in [0.2, 0.25) is 0 Å². The lowest BCUT2D eigenvalue weighted by atomic mass is 10.4. The number of hydrogen-bond acceptors (Lipinski definition) is 6. The van der Waals surface area contributed by atoms with Crippen LogP contribution in [0, 0.1) is 0 Å². The molecule has 0 fully saturated rings. The van der Waals surface area contributed by atoms with E-state index in [0.717, 1.165) is 10.6 Å².